The fraction of sp³-hybridized carbons (Fsp3) is 0.400. The van der Waals surface area contributed by atoms with Gasteiger partial charge in [-0.2, -0.15) is 0 Å². The molecule has 1 fully saturated rings. The highest BCUT2D eigenvalue weighted by molar-refractivity contribution is 6.04. The van der Waals surface area contributed by atoms with Crippen molar-refractivity contribution in [2.45, 2.75) is 32.1 Å². The predicted octanol–water partition coefficient (Wildman–Crippen LogP) is 2.48. The minimum absolute atomic E-state index is 0.133. The molecule has 0 unspecified atom stereocenters. The molecule has 1 heterocycles. The number of carboxylic acid groups (broad SMARTS) is 1. The van der Waals surface area contributed by atoms with Crippen LogP contribution in [0.25, 0.3) is 6.08 Å². The zero-order valence-electron chi connectivity index (χ0n) is 10.6. The number of carbonyl (C=O) groups excluding carboxylic acids is 1. The number of carboxylic acids is 1. The van der Waals surface area contributed by atoms with Crippen molar-refractivity contribution in [2.75, 3.05) is 0 Å². The van der Waals surface area contributed by atoms with Gasteiger partial charge in [-0.3, -0.25) is 9.78 Å². The van der Waals surface area contributed by atoms with Crippen LogP contribution in [-0.4, -0.2) is 21.8 Å². The molecular formula is C15H15NO3. The number of rotatable bonds is 3. The van der Waals surface area contributed by atoms with Gasteiger partial charge in [0.25, 0.3) is 0 Å². The SMILES string of the molecule is O=C(O)c1ccnc2c1CC(C(=O)C1CCCC1)=C2. The first-order chi connectivity index (χ1) is 9.16. The van der Waals surface area contributed by atoms with Crippen molar-refractivity contribution in [1.82, 2.24) is 4.98 Å². The van der Waals surface area contributed by atoms with Gasteiger partial charge < -0.3 is 5.11 Å². The normalized spacial score (nSPS) is 18.2. The lowest BCUT2D eigenvalue weighted by Gasteiger charge is -2.08. The van der Waals surface area contributed by atoms with E-state index in [-0.39, 0.29) is 17.3 Å². The number of aromatic carboxylic acids is 1. The van der Waals surface area contributed by atoms with Gasteiger partial charge in [-0.15, -0.1) is 0 Å². The van der Waals surface area contributed by atoms with Gasteiger partial charge in [0.05, 0.1) is 11.3 Å². The van der Waals surface area contributed by atoms with Gasteiger partial charge in [0.1, 0.15) is 0 Å². The summed E-state index contributed by atoms with van der Waals surface area (Å²) in [5, 5.41) is 9.15. The molecule has 0 atom stereocenters. The van der Waals surface area contributed by atoms with E-state index < -0.39 is 5.97 Å². The van der Waals surface area contributed by atoms with E-state index in [0.29, 0.717) is 17.7 Å². The molecule has 4 nitrogen and oxygen atoms in total. The standard InChI is InChI=1S/C15H15NO3/c17-14(9-3-1-2-4-9)10-7-12-11(15(18)19)5-6-16-13(12)8-10/h5-6,8-9H,1-4,7H2,(H,18,19). The molecule has 4 heteroatoms. The molecule has 2 aliphatic rings. The molecule has 2 aliphatic carbocycles. The van der Waals surface area contributed by atoms with Gasteiger partial charge >= 0.3 is 5.97 Å². The predicted molar refractivity (Wildman–Crippen MR) is 69.8 cm³/mol. The minimum Gasteiger partial charge on any atom is -0.478 e. The molecule has 1 aromatic rings. The van der Waals surface area contributed by atoms with Crippen LogP contribution in [0.3, 0.4) is 0 Å². The summed E-state index contributed by atoms with van der Waals surface area (Å²) >= 11 is 0. The Bertz CT molecular complexity index is 583. The molecule has 0 saturated heterocycles. The summed E-state index contributed by atoms with van der Waals surface area (Å²) in [5.41, 5.74) is 2.30. The van der Waals surface area contributed by atoms with E-state index in [9.17, 15) is 9.59 Å². The molecule has 98 valence electrons. The van der Waals surface area contributed by atoms with Crippen LogP contribution in [-0.2, 0) is 11.2 Å². The molecular weight excluding hydrogens is 242 g/mol. The van der Waals surface area contributed by atoms with Crippen LogP contribution in [0.5, 0.6) is 0 Å². The number of fused-ring (bicyclic) bond motifs is 1. The Kier molecular flexibility index (Phi) is 2.93. The Morgan fingerprint density at radius 2 is 2.00 bits per heavy atom. The maximum Gasteiger partial charge on any atom is 0.336 e. The highest BCUT2D eigenvalue weighted by Crippen LogP contribution is 2.33. The van der Waals surface area contributed by atoms with E-state index in [4.69, 9.17) is 5.11 Å². The van der Waals surface area contributed by atoms with Gasteiger partial charge in [-0.05, 0) is 30.5 Å². The van der Waals surface area contributed by atoms with Crippen molar-refractivity contribution in [1.29, 1.82) is 0 Å². The van der Waals surface area contributed by atoms with Crippen LogP contribution in [0.15, 0.2) is 17.8 Å². The van der Waals surface area contributed by atoms with E-state index >= 15 is 0 Å². The highest BCUT2D eigenvalue weighted by Gasteiger charge is 2.30. The van der Waals surface area contributed by atoms with Crippen LogP contribution in [0.2, 0.25) is 0 Å². The van der Waals surface area contributed by atoms with Gasteiger partial charge in [0.15, 0.2) is 5.78 Å². The second kappa shape index (κ2) is 4.61. The zero-order valence-corrected chi connectivity index (χ0v) is 10.6. The smallest absolute Gasteiger partial charge is 0.336 e. The van der Waals surface area contributed by atoms with Crippen LogP contribution in [0, 0.1) is 5.92 Å². The molecule has 0 aliphatic heterocycles. The lowest BCUT2D eigenvalue weighted by atomic mass is 9.94. The quantitative estimate of drug-likeness (QED) is 0.903. The molecule has 1 N–H and O–H groups in total. The third-order valence-electron chi connectivity index (χ3n) is 4.04. The molecule has 0 spiro atoms. The van der Waals surface area contributed by atoms with Crippen molar-refractivity contribution >= 4 is 17.8 Å². The van der Waals surface area contributed by atoms with Gasteiger partial charge in [0.2, 0.25) is 0 Å². The summed E-state index contributed by atoms with van der Waals surface area (Å²) in [5.74, 6) is -0.637. The van der Waals surface area contributed by atoms with E-state index in [1.807, 2.05) is 0 Å². The van der Waals surface area contributed by atoms with Gasteiger partial charge in [0, 0.05) is 24.1 Å². The number of hydrogen-bond donors (Lipinski definition) is 1. The largest absolute Gasteiger partial charge is 0.478 e. The topological polar surface area (TPSA) is 67.3 Å². The highest BCUT2D eigenvalue weighted by atomic mass is 16.4. The fourth-order valence-electron chi connectivity index (χ4n) is 3.03. The molecule has 1 saturated carbocycles. The summed E-state index contributed by atoms with van der Waals surface area (Å²) in [6.45, 7) is 0. The zero-order chi connectivity index (χ0) is 13.4. The Labute approximate surface area is 111 Å². The summed E-state index contributed by atoms with van der Waals surface area (Å²) in [6.07, 6.45) is 7.84. The number of allylic oxidation sites excluding steroid dienone is 1. The first-order valence-electron chi connectivity index (χ1n) is 6.63. The van der Waals surface area contributed by atoms with E-state index in [1.165, 1.54) is 12.3 Å². The average Bonchev–Trinajstić information content (AvgIpc) is 3.06. The number of hydrogen-bond acceptors (Lipinski definition) is 3. The third kappa shape index (κ3) is 2.07. The monoisotopic (exact) mass is 257 g/mol. The van der Waals surface area contributed by atoms with E-state index in [1.54, 1.807) is 6.08 Å². The molecule has 0 bridgehead atoms. The summed E-state index contributed by atoms with van der Waals surface area (Å²) in [6, 6.07) is 1.50. The number of Topliss-reactive ketones (excluding diaryl/α,β-unsaturated/α-hetero) is 1. The Balaban J connectivity index is 1.88. The first-order valence-corrected chi connectivity index (χ1v) is 6.63. The molecule has 3 rings (SSSR count). The number of pyridine rings is 1. The Morgan fingerprint density at radius 1 is 1.26 bits per heavy atom. The van der Waals surface area contributed by atoms with Gasteiger partial charge in [-0.25, -0.2) is 4.79 Å². The minimum atomic E-state index is -0.957. The maximum atomic E-state index is 12.4. The van der Waals surface area contributed by atoms with E-state index in [0.717, 1.165) is 31.3 Å². The van der Waals surface area contributed by atoms with Crippen molar-refractivity contribution in [3.63, 3.8) is 0 Å². The number of aromatic nitrogens is 1. The summed E-state index contributed by atoms with van der Waals surface area (Å²) in [7, 11) is 0. The Hall–Kier alpha value is -1.97. The first kappa shape index (κ1) is 12.1. The molecule has 0 aromatic carbocycles. The number of ketones is 1. The van der Waals surface area contributed by atoms with Crippen LogP contribution in [0.4, 0.5) is 0 Å². The maximum absolute atomic E-state index is 12.4. The molecule has 0 radical (unpaired) electrons. The summed E-state index contributed by atoms with van der Waals surface area (Å²) < 4.78 is 0. The number of nitrogens with zero attached hydrogens (tertiary/aromatic N) is 1. The lowest BCUT2D eigenvalue weighted by molar-refractivity contribution is -0.119. The second-order valence-electron chi connectivity index (χ2n) is 5.22. The third-order valence-corrected chi connectivity index (χ3v) is 4.04. The van der Waals surface area contributed by atoms with Crippen LogP contribution >= 0.6 is 0 Å². The second-order valence-corrected chi connectivity index (χ2v) is 5.22. The van der Waals surface area contributed by atoms with Crippen molar-refractivity contribution in [3.05, 3.63) is 34.7 Å². The fourth-order valence-corrected chi connectivity index (χ4v) is 3.03. The summed E-state index contributed by atoms with van der Waals surface area (Å²) in [4.78, 5) is 27.7. The lowest BCUT2D eigenvalue weighted by Crippen LogP contribution is -2.14. The van der Waals surface area contributed by atoms with Crippen molar-refractivity contribution < 1.29 is 14.7 Å². The Morgan fingerprint density at radius 3 is 2.68 bits per heavy atom. The average molecular weight is 257 g/mol. The molecule has 19 heavy (non-hydrogen) atoms. The number of carbonyl (C=O) groups is 2. The molecule has 1 aromatic heterocycles. The van der Waals surface area contributed by atoms with E-state index in [2.05, 4.69) is 4.98 Å². The van der Waals surface area contributed by atoms with Gasteiger partial charge in [-0.1, -0.05) is 12.8 Å². The van der Waals surface area contributed by atoms with Crippen LogP contribution in [0.1, 0.15) is 47.3 Å². The van der Waals surface area contributed by atoms with Crippen LogP contribution < -0.4 is 0 Å². The molecule has 0 amide bonds. The van der Waals surface area contributed by atoms with Crippen molar-refractivity contribution in [3.8, 4) is 0 Å². The van der Waals surface area contributed by atoms with Crippen molar-refractivity contribution in [2.24, 2.45) is 5.92 Å².